The molecule has 1 aromatic rings. The second-order valence-corrected chi connectivity index (χ2v) is 4.38. The van der Waals surface area contributed by atoms with E-state index in [1.165, 1.54) is 0 Å². The molecule has 1 aromatic heterocycles. The Hall–Kier alpha value is -1.30. The minimum absolute atomic E-state index is 0.263. The van der Waals surface area contributed by atoms with Crippen LogP contribution >= 0.6 is 15.9 Å². The van der Waals surface area contributed by atoms with Gasteiger partial charge >= 0.3 is 0 Å². The zero-order valence-corrected chi connectivity index (χ0v) is 9.57. The highest BCUT2D eigenvalue weighted by Gasteiger charge is 2.34. The third-order valence-corrected chi connectivity index (χ3v) is 2.92. The van der Waals surface area contributed by atoms with E-state index in [0.717, 1.165) is 17.4 Å². The Balaban J connectivity index is 2.27. The maximum atomic E-state index is 11.0. The number of hydrogen-bond donors (Lipinski definition) is 2. The summed E-state index contributed by atoms with van der Waals surface area (Å²) in [4.78, 5) is 17.0. The fourth-order valence-corrected chi connectivity index (χ4v) is 1.97. The number of rotatable bonds is 2. The van der Waals surface area contributed by atoms with Crippen LogP contribution in [0.4, 0.5) is 11.5 Å². The maximum absolute atomic E-state index is 11.0. The molecule has 1 aliphatic rings. The number of carbonyl (C=O) groups is 1. The quantitative estimate of drug-likeness (QED) is 0.819. The molecule has 0 aromatic carbocycles. The molecular weight excluding hydrogens is 260 g/mol. The van der Waals surface area contributed by atoms with Crippen molar-refractivity contribution in [1.82, 2.24) is 4.98 Å². The van der Waals surface area contributed by atoms with Crippen LogP contribution in [-0.2, 0) is 4.79 Å². The summed E-state index contributed by atoms with van der Waals surface area (Å²) < 4.78 is 0.819. The fourth-order valence-electron chi connectivity index (χ4n) is 1.62. The first-order valence-electron chi connectivity index (χ1n) is 4.56. The van der Waals surface area contributed by atoms with E-state index in [0.29, 0.717) is 11.5 Å². The number of halogens is 1. The Kier molecular flexibility index (Phi) is 2.52. The lowest BCUT2D eigenvalue weighted by atomic mass is 10.0. The topological polar surface area (TPSA) is 85.2 Å². The lowest BCUT2D eigenvalue weighted by Crippen LogP contribution is -2.55. The molecule has 15 heavy (non-hydrogen) atoms. The minimum atomic E-state index is -0.328. The molecule has 2 rings (SSSR count). The second kappa shape index (κ2) is 3.69. The standard InChI is InChI=1S/C9H11BrN4O/c10-5-3-6(11)9(13-4-5)14-2-1-7(14)8(12)15/h3-4,7H,1-2,11H2,(H2,12,15). The third kappa shape index (κ3) is 1.77. The first-order valence-corrected chi connectivity index (χ1v) is 5.36. The van der Waals surface area contributed by atoms with E-state index in [2.05, 4.69) is 20.9 Å². The Morgan fingerprint density at radius 2 is 2.40 bits per heavy atom. The lowest BCUT2D eigenvalue weighted by molar-refractivity contribution is -0.120. The van der Waals surface area contributed by atoms with Crippen LogP contribution in [0, 0.1) is 0 Å². The number of nitrogens with two attached hydrogens (primary N) is 2. The average Bonchev–Trinajstić information content (AvgIpc) is 2.06. The van der Waals surface area contributed by atoms with E-state index in [4.69, 9.17) is 11.5 Å². The Labute approximate surface area is 95.6 Å². The van der Waals surface area contributed by atoms with Crippen molar-refractivity contribution in [2.75, 3.05) is 17.2 Å². The molecule has 2 heterocycles. The minimum Gasteiger partial charge on any atom is -0.396 e. The van der Waals surface area contributed by atoms with Crippen LogP contribution in [0.5, 0.6) is 0 Å². The van der Waals surface area contributed by atoms with Gasteiger partial charge in [0.1, 0.15) is 6.04 Å². The number of hydrogen-bond acceptors (Lipinski definition) is 4. The van der Waals surface area contributed by atoms with Gasteiger partial charge in [0.15, 0.2) is 5.82 Å². The van der Waals surface area contributed by atoms with Crippen molar-refractivity contribution in [2.24, 2.45) is 5.73 Å². The van der Waals surface area contributed by atoms with Crippen molar-refractivity contribution in [2.45, 2.75) is 12.5 Å². The monoisotopic (exact) mass is 270 g/mol. The van der Waals surface area contributed by atoms with Crippen molar-refractivity contribution < 1.29 is 4.79 Å². The number of aromatic nitrogens is 1. The highest BCUT2D eigenvalue weighted by atomic mass is 79.9. The van der Waals surface area contributed by atoms with Gasteiger partial charge in [0, 0.05) is 17.2 Å². The number of anilines is 2. The average molecular weight is 271 g/mol. The van der Waals surface area contributed by atoms with Gasteiger partial charge in [-0.25, -0.2) is 4.98 Å². The largest absolute Gasteiger partial charge is 0.396 e. The summed E-state index contributed by atoms with van der Waals surface area (Å²) in [6, 6.07) is 1.50. The Bertz CT molecular complexity index is 409. The molecule has 5 nitrogen and oxygen atoms in total. The number of carbonyl (C=O) groups excluding carboxylic acids is 1. The molecule has 6 heteroatoms. The number of primary amides is 1. The van der Waals surface area contributed by atoms with Gasteiger partial charge in [-0.15, -0.1) is 0 Å². The van der Waals surface area contributed by atoms with Crippen LogP contribution < -0.4 is 16.4 Å². The Morgan fingerprint density at radius 1 is 1.67 bits per heavy atom. The van der Waals surface area contributed by atoms with Gasteiger partial charge in [0.2, 0.25) is 5.91 Å². The summed E-state index contributed by atoms with van der Waals surface area (Å²) >= 11 is 3.28. The summed E-state index contributed by atoms with van der Waals surface area (Å²) in [6.07, 6.45) is 2.43. The van der Waals surface area contributed by atoms with Crippen LogP contribution in [0.3, 0.4) is 0 Å². The van der Waals surface area contributed by atoms with Crippen molar-refractivity contribution in [1.29, 1.82) is 0 Å². The molecule has 0 bridgehead atoms. The first-order chi connectivity index (χ1) is 7.09. The predicted molar refractivity (Wildman–Crippen MR) is 61.3 cm³/mol. The van der Waals surface area contributed by atoms with E-state index < -0.39 is 0 Å². The summed E-state index contributed by atoms with van der Waals surface area (Å²) in [6.45, 7) is 0.770. The third-order valence-electron chi connectivity index (χ3n) is 2.48. The van der Waals surface area contributed by atoms with E-state index >= 15 is 0 Å². The first kappa shape index (κ1) is 10.2. The zero-order valence-electron chi connectivity index (χ0n) is 7.98. The van der Waals surface area contributed by atoms with Crippen molar-refractivity contribution in [3.05, 3.63) is 16.7 Å². The second-order valence-electron chi connectivity index (χ2n) is 3.47. The fraction of sp³-hybridized carbons (Fsp3) is 0.333. The number of nitrogen functional groups attached to an aromatic ring is 1. The van der Waals surface area contributed by atoms with Crippen molar-refractivity contribution in [3.8, 4) is 0 Å². The van der Waals surface area contributed by atoms with Crippen LogP contribution in [0.15, 0.2) is 16.7 Å². The van der Waals surface area contributed by atoms with E-state index in [1.54, 1.807) is 12.3 Å². The number of pyridine rings is 1. The predicted octanol–water partition coefficient (Wildman–Crippen LogP) is 0.490. The van der Waals surface area contributed by atoms with E-state index in [1.807, 2.05) is 4.90 Å². The van der Waals surface area contributed by atoms with Crippen molar-refractivity contribution in [3.63, 3.8) is 0 Å². The van der Waals surface area contributed by atoms with Crippen LogP contribution in [0.1, 0.15) is 6.42 Å². The van der Waals surface area contributed by atoms with Gasteiger partial charge in [-0.1, -0.05) is 0 Å². The summed E-state index contributed by atoms with van der Waals surface area (Å²) in [5.41, 5.74) is 11.6. The zero-order chi connectivity index (χ0) is 11.0. The van der Waals surface area contributed by atoms with Gasteiger partial charge in [0.25, 0.3) is 0 Å². The molecule has 0 saturated carbocycles. The van der Waals surface area contributed by atoms with Gasteiger partial charge in [0.05, 0.1) is 5.69 Å². The molecule has 1 amide bonds. The van der Waals surface area contributed by atoms with Gasteiger partial charge in [-0.2, -0.15) is 0 Å². The number of amides is 1. The van der Waals surface area contributed by atoms with E-state index in [-0.39, 0.29) is 11.9 Å². The molecule has 1 fully saturated rings. The maximum Gasteiger partial charge on any atom is 0.240 e. The van der Waals surface area contributed by atoms with Crippen LogP contribution in [0.25, 0.3) is 0 Å². The molecule has 0 radical (unpaired) electrons. The molecule has 80 valence electrons. The smallest absolute Gasteiger partial charge is 0.240 e. The highest BCUT2D eigenvalue weighted by Crippen LogP contribution is 2.30. The van der Waals surface area contributed by atoms with Crippen LogP contribution in [0.2, 0.25) is 0 Å². The highest BCUT2D eigenvalue weighted by molar-refractivity contribution is 9.10. The van der Waals surface area contributed by atoms with E-state index in [9.17, 15) is 4.79 Å². The molecule has 0 spiro atoms. The van der Waals surface area contributed by atoms with Gasteiger partial charge in [-0.05, 0) is 28.4 Å². The van der Waals surface area contributed by atoms with Gasteiger partial charge in [-0.3, -0.25) is 4.79 Å². The lowest BCUT2D eigenvalue weighted by Gasteiger charge is -2.40. The van der Waals surface area contributed by atoms with Crippen molar-refractivity contribution >= 4 is 33.3 Å². The summed E-state index contributed by atoms with van der Waals surface area (Å²) in [7, 11) is 0. The summed E-state index contributed by atoms with van der Waals surface area (Å²) in [5, 5.41) is 0. The van der Waals surface area contributed by atoms with Gasteiger partial charge < -0.3 is 16.4 Å². The molecule has 1 unspecified atom stereocenters. The SMILES string of the molecule is NC(=O)C1CCN1c1ncc(Br)cc1N. The summed E-state index contributed by atoms with van der Waals surface area (Å²) in [5.74, 6) is 0.304. The molecular formula is C9H11BrN4O. The normalized spacial score (nSPS) is 19.8. The number of nitrogens with zero attached hydrogens (tertiary/aromatic N) is 2. The molecule has 1 aliphatic heterocycles. The Morgan fingerprint density at radius 3 is 2.87 bits per heavy atom. The van der Waals surface area contributed by atoms with Crippen LogP contribution in [-0.4, -0.2) is 23.5 Å². The molecule has 1 saturated heterocycles. The molecule has 0 aliphatic carbocycles. The molecule has 4 N–H and O–H groups in total. The molecule has 1 atom stereocenters.